The lowest BCUT2D eigenvalue weighted by Gasteiger charge is -2.22. The van der Waals surface area contributed by atoms with Crippen molar-refractivity contribution >= 4 is 5.91 Å². The van der Waals surface area contributed by atoms with Gasteiger partial charge in [-0.3, -0.25) is 9.59 Å². The minimum atomic E-state index is -0.218. The van der Waals surface area contributed by atoms with Gasteiger partial charge in [-0.2, -0.15) is 5.10 Å². The van der Waals surface area contributed by atoms with Gasteiger partial charge < -0.3 is 14.8 Å². The molecule has 2 aliphatic rings. The van der Waals surface area contributed by atoms with E-state index in [2.05, 4.69) is 10.4 Å². The van der Waals surface area contributed by atoms with E-state index in [1.165, 1.54) is 30.0 Å². The number of hydrogen-bond donors (Lipinski definition) is 1. The van der Waals surface area contributed by atoms with Crippen LogP contribution >= 0.6 is 0 Å². The standard InChI is InChI=1S/C20H23N3O4/c24-19(21-15-4-2-1-3-5-15)10-11-23-20(25)9-7-16(22-23)14-6-8-17-18(12-14)27-13-26-17/h6-9,12,15H,1-5,10-11,13H2,(H,21,24). The molecule has 1 aromatic carbocycles. The number of hydrogen-bond acceptors (Lipinski definition) is 5. The molecule has 0 spiro atoms. The largest absolute Gasteiger partial charge is 0.454 e. The molecule has 7 nitrogen and oxygen atoms in total. The second-order valence-corrected chi connectivity index (χ2v) is 7.00. The Bertz CT molecular complexity index is 887. The van der Waals surface area contributed by atoms with E-state index in [1.54, 1.807) is 6.07 Å². The van der Waals surface area contributed by atoms with Crippen LogP contribution in [0.2, 0.25) is 0 Å². The van der Waals surface area contributed by atoms with Gasteiger partial charge in [-0.05, 0) is 37.1 Å². The van der Waals surface area contributed by atoms with Gasteiger partial charge in [0, 0.05) is 24.1 Å². The first-order chi connectivity index (χ1) is 13.2. The van der Waals surface area contributed by atoms with Gasteiger partial charge in [0.15, 0.2) is 11.5 Å². The maximum Gasteiger partial charge on any atom is 0.266 e. The van der Waals surface area contributed by atoms with Gasteiger partial charge in [-0.25, -0.2) is 4.68 Å². The molecule has 1 amide bonds. The molecule has 0 bridgehead atoms. The SMILES string of the molecule is O=C(CCn1nc(-c2ccc3c(c2)OCO3)ccc1=O)NC1CCCCC1. The van der Waals surface area contributed by atoms with Crippen LogP contribution in [0.4, 0.5) is 0 Å². The number of nitrogens with zero attached hydrogens (tertiary/aromatic N) is 2. The minimum absolute atomic E-state index is 0.0240. The quantitative estimate of drug-likeness (QED) is 0.876. The van der Waals surface area contributed by atoms with Gasteiger partial charge in [0.2, 0.25) is 12.7 Å². The molecule has 142 valence electrons. The van der Waals surface area contributed by atoms with Gasteiger partial charge >= 0.3 is 0 Å². The molecular formula is C20H23N3O4. The van der Waals surface area contributed by atoms with Crippen LogP contribution in [0, 0.1) is 0 Å². The molecule has 2 aromatic rings. The van der Waals surface area contributed by atoms with Crippen molar-refractivity contribution in [2.45, 2.75) is 51.1 Å². The number of aryl methyl sites for hydroxylation is 1. The number of rotatable bonds is 5. The second-order valence-electron chi connectivity index (χ2n) is 7.00. The average molecular weight is 369 g/mol. The highest BCUT2D eigenvalue weighted by Crippen LogP contribution is 2.35. The number of benzene rings is 1. The average Bonchev–Trinajstić information content (AvgIpc) is 3.16. The Hall–Kier alpha value is -2.83. The number of ether oxygens (including phenoxy) is 2. The molecule has 1 fully saturated rings. The van der Waals surface area contributed by atoms with Crippen LogP contribution in [0.25, 0.3) is 11.3 Å². The van der Waals surface area contributed by atoms with Crippen LogP contribution in [0.15, 0.2) is 35.1 Å². The topological polar surface area (TPSA) is 82.5 Å². The van der Waals surface area contributed by atoms with Crippen molar-refractivity contribution in [3.63, 3.8) is 0 Å². The van der Waals surface area contributed by atoms with E-state index in [0.717, 1.165) is 18.4 Å². The summed E-state index contributed by atoms with van der Waals surface area (Å²) in [4.78, 5) is 24.3. The van der Waals surface area contributed by atoms with Crippen molar-refractivity contribution in [2.24, 2.45) is 0 Å². The molecule has 1 N–H and O–H groups in total. The van der Waals surface area contributed by atoms with E-state index >= 15 is 0 Å². The van der Waals surface area contributed by atoms with Crippen molar-refractivity contribution in [1.29, 1.82) is 0 Å². The van der Waals surface area contributed by atoms with Gasteiger partial charge in [0.05, 0.1) is 12.2 Å². The lowest BCUT2D eigenvalue weighted by molar-refractivity contribution is -0.122. The summed E-state index contributed by atoms with van der Waals surface area (Å²) in [6.07, 6.45) is 5.92. The predicted octanol–water partition coefficient (Wildman–Crippen LogP) is 2.48. The van der Waals surface area contributed by atoms with Crippen molar-refractivity contribution in [1.82, 2.24) is 15.1 Å². The lowest BCUT2D eigenvalue weighted by Crippen LogP contribution is -2.37. The Morgan fingerprint density at radius 1 is 1.11 bits per heavy atom. The number of amides is 1. The number of carbonyl (C=O) groups excluding carboxylic acids is 1. The summed E-state index contributed by atoms with van der Waals surface area (Å²) in [5.41, 5.74) is 1.27. The number of nitrogens with one attached hydrogen (secondary N) is 1. The lowest BCUT2D eigenvalue weighted by atomic mass is 9.95. The highest BCUT2D eigenvalue weighted by atomic mass is 16.7. The Labute approximate surface area is 157 Å². The molecule has 27 heavy (non-hydrogen) atoms. The zero-order chi connectivity index (χ0) is 18.6. The molecule has 1 aliphatic carbocycles. The summed E-state index contributed by atoms with van der Waals surface area (Å²) in [6, 6.07) is 8.97. The summed E-state index contributed by atoms with van der Waals surface area (Å²) in [7, 11) is 0. The van der Waals surface area contributed by atoms with Crippen LogP contribution in [0.3, 0.4) is 0 Å². The normalized spacial score (nSPS) is 16.3. The first-order valence-corrected chi connectivity index (χ1v) is 9.46. The van der Waals surface area contributed by atoms with Crippen LogP contribution in [0.5, 0.6) is 11.5 Å². The predicted molar refractivity (Wildman–Crippen MR) is 99.7 cm³/mol. The molecule has 7 heteroatoms. The Kier molecular flexibility index (Phi) is 5.09. The van der Waals surface area contributed by atoms with E-state index in [1.807, 2.05) is 18.2 Å². The molecule has 1 aromatic heterocycles. The van der Waals surface area contributed by atoms with E-state index in [-0.39, 0.29) is 37.3 Å². The van der Waals surface area contributed by atoms with Crippen molar-refractivity contribution in [3.05, 3.63) is 40.7 Å². The van der Waals surface area contributed by atoms with E-state index in [4.69, 9.17) is 9.47 Å². The van der Waals surface area contributed by atoms with E-state index < -0.39 is 0 Å². The maximum absolute atomic E-state index is 12.2. The fourth-order valence-electron chi connectivity index (χ4n) is 3.57. The van der Waals surface area contributed by atoms with Crippen molar-refractivity contribution in [3.8, 4) is 22.8 Å². The van der Waals surface area contributed by atoms with E-state index in [9.17, 15) is 9.59 Å². The number of fused-ring (bicyclic) bond motifs is 1. The molecule has 0 atom stereocenters. The first kappa shape index (κ1) is 17.6. The molecule has 2 heterocycles. The molecular weight excluding hydrogens is 346 g/mol. The zero-order valence-electron chi connectivity index (χ0n) is 15.1. The molecule has 0 saturated heterocycles. The zero-order valence-corrected chi connectivity index (χ0v) is 15.1. The second kappa shape index (κ2) is 7.82. The summed E-state index contributed by atoms with van der Waals surface area (Å²) in [6.45, 7) is 0.470. The third-order valence-corrected chi connectivity index (χ3v) is 5.06. The molecule has 1 aliphatic heterocycles. The van der Waals surface area contributed by atoms with Crippen molar-refractivity contribution < 1.29 is 14.3 Å². The number of aromatic nitrogens is 2. The Balaban J connectivity index is 1.43. The van der Waals surface area contributed by atoms with Crippen LogP contribution < -0.4 is 20.3 Å². The van der Waals surface area contributed by atoms with Gasteiger partial charge in [-0.1, -0.05) is 19.3 Å². The molecule has 4 rings (SSSR count). The summed E-state index contributed by atoms with van der Waals surface area (Å²) >= 11 is 0. The fraction of sp³-hybridized carbons (Fsp3) is 0.450. The minimum Gasteiger partial charge on any atom is -0.454 e. The first-order valence-electron chi connectivity index (χ1n) is 9.46. The molecule has 0 radical (unpaired) electrons. The summed E-state index contributed by atoms with van der Waals surface area (Å²) in [5, 5.41) is 7.49. The van der Waals surface area contributed by atoms with Gasteiger partial charge in [0.1, 0.15) is 0 Å². The Morgan fingerprint density at radius 2 is 1.93 bits per heavy atom. The van der Waals surface area contributed by atoms with Gasteiger partial charge in [-0.15, -0.1) is 0 Å². The van der Waals surface area contributed by atoms with Crippen molar-refractivity contribution in [2.75, 3.05) is 6.79 Å². The van der Waals surface area contributed by atoms with Gasteiger partial charge in [0.25, 0.3) is 5.56 Å². The Morgan fingerprint density at radius 3 is 2.78 bits per heavy atom. The maximum atomic E-state index is 12.2. The van der Waals surface area contributed by atoms with Crippen LogP contribution in [-0.4, -0.2) is 28.5 Å². The number of carbonyl (C=O) groups is 1. The monoisotopic (exact) mass is 369 g/mol. The van der Waals surface area contributed by atoms with Crippen LogP contribution in [0.1, 0.15) is 38.5 Å². The molecule has 1 saturated carbocycles. The third kappa shape index (κ3) is 4.13. The highest BCUT2D eigenvalue weighted by Gasteiger charge is 2.17. The summed E-state index contributed by atoms with van der Waals surface area (Å²) in [5.74, 6) is 1.34. The highest BCUT2D eigenvalue weighted by molar-refractivity contribution is 5.76. The summed E-state index contributed by atoms with van der Waals surface area (Å²) < 4.78 is 12.1. The third-order valence-electron chi connectivity index (χ3n) is 5.06. The van der Waals surface area contributed by atoms with E-state index in [0.29, 0.717) is 17.2 Å². The smallest absolute Gasteiger partial charge is 0.266 e. The molecule has 0 unspecified atom stereocenters. The van der Waals surface area contributed by atoms with Crippen LogP contribution in [-0.2, 0) is 11.3 Å². The fourth-order valence-corrected chi connectivity index (χ4v) is 3.57.